The van der Waals surface area contributed by atoms with E-state index in [4.69, 9.17) is 0 Å². The van der Waals surface area contributed by atoms with E-state index in [9.17, 15) is 28.8 Å². The number of carbonyl (C=O) groups is 6. The molecule has 0 saturated carbocycles. The van der Waals surface area contributed by atoms with Crippen molar-refractivity contribution in [3.63, 3.8) is 0 Å². The number of ether oxygens (including phenoxy) is 3. The van der Waals surface area contributed by atoms with E-state index in [1.807, 2.05) is 20.8 Å². The van der Waals surface area contributed by atoms with Crippen LogP contribution in [0.2, 0.25) is 0 Å². The molecule has 0 aliphatic carbocycles. The number of hydrogen-bond acceptors (Lipinski definition) is 9. The van der Waals surface area contributed by atoms with Crippen LogP contribution >= 0.6 is 0 Å². The molecule has 9 nitrogen and oxygen atoms in total. The Kier molecular flexibility index (Phi) is 34.1. The molecule has 34 heavy (non-hydrogen) atoms. The molecule has 10 heteroatoms. The second-order valence-corrected chi connectivity index (χ2v) is 6.81. The Morgan fingerprint density at radius 1 is 0.441 bits per heavy atom. The van der Waals surface area contributed by atoms with E-state index in [-0.39, 0.29) is 62.5 Å². The topological polar surface area (TPSA) is 130 Å². The van der Waals surface area contributed by atoms with Crippen molar-refractivity contribution in [2.24, 2.45) is 0 Å². The molecule has 0 N–H and O–H groups in total. The Morgan fingerprint density at radius 3 is 0.794 bits per heavy atom. The molecule has 0 aliphatic heterocycles. The van der Waals surface area contributed by atoms with Crippen LogP contribution in [0.1, 0.15) is 99.3 Å². The monoisotopic (exact) mass is 592 g/mol. The summed E-state index contributed by atoms with van der Waals surface area (Å²) in [4.78, 5) is 64.5. The van der Waals surface area contributed by atoms with Crippen LogP contribution in [0.3, 0.4) is 0 Å². The molecule has 0 spiro atoms. The second kappa shape index (κ2) is 29.3. The summed E-state index contributed by atoms with van der Waals surface area (Å²) in [5.74, 6) is -1.34. The van der Waals surface area contributed by atoms with Crippen molar-refractivity contribution in [2.75, 3.05) is 19.8 Å². The van der Waals surface area contributed by atoms with E-state index in [1.54, 1.807) is 20.8 Å². The van der Waals surface area contributed by atoms with Crippen molar-refractivity contribution in [3.05, 3.63) is 0 Å². The first-order chi connectivity index (χ1) is 15.6. The van der Waals surface area contributed by atoms with Crippen LogP contribution in [0.15, 0.2) is 0 Å². The van der Waals surface area contributed by atoms with E-state index in [0.29, 0.717) is 39.1 Å². The van der Waals surface area contributed by atoms with Gasteiger partial charge >= 0.3 is 43.8 Å². The zero-order chi connectivity index (χ0) is 26.1. The zero-order valence-electron chi connectivity index (χ0n) is 21.2. The molecule has 0 unspecified atom stereocenters. The van der Waals surface area contributed by atoms with Gasteiger partial charge in [-0.1, -0.05) is 20.8 Å². The van der Waals surface area contributed by atoms with Crippen molar-refractivity contribution in [1.29, 1.82) is 0 Å². The predicted octanol–water partition coefficient (Wildman–Crippen LogP) is 2.74. The zero-order valence-corrected chi connectivity index (χ0v) is 21.2. The molecule has 0 fully saturated rings. The van der Waals surface area contributed by atoms with Crippen molar-refractivity contribution < 1.29 is 43.0 Å². The first-order valence-electron chi connectivity index (χ1n) is 11.6. The van der Waals surface area contributed by atoms with E-state index < -0.39 is 17.9 Å². The van der Waals surface area contributed by atoms with E-state index in [2.05, 4.69) is 14.2 Å². The minimum atomic E-state index is -0.411. The summed E-state index contributed by atoms with van der Waals surface area (Å²) in [6.45, 7) is 11.9. The molecule has 0 heterocycles. The summed E-state index contributed by atoms with van der Waals surface area (Å²) in [7, 11) is 0. The number of hydrogen-bond donors (Lipinski definition) is 0. The minimum absolute atomic E-state index is 0. The standard InChI is InChI=1S/3C8H14O3.In.3H/c3*1-3-5-7(9)6-8(10)11-4-2;;;;/h3*3-6H2,1-2H3;;;;. The van der Waals surface area contributed by atoms with Crippen molar-refractivity contribution >= 4 is 61.1 Å². The first-order valence-corrected chi connectivity index (χ1v) is 11.6. The molecular weight excluding hydrogens is 547 g/mol. The van der Waals surface area contributed by atoms with Gasteiger partial charge in [0.05, 0.1) is 19.8 Å². The number of esters is 3. The predicted molar refractivity (Wildman–Crippen MR) is 133 cm³/mol. The van der Waals surface area contributed by atoms with Crippen LogP contribution in [-0.4, -0.2) is 80.9 Å². The Balaban J connectivity index is -0.000000196. The Hall–Kier alpha value is -1.71. The number of Topliss-reactive ketones (excluding diaryl/α,β-unsaturated/α-hetero) is 3. The van der Waals surface area contributed by atoms with E-state index in [1.165, 1.54) is 0 Å². The number of ketones is 3. The van der Waals surface area contributed by atoms with Gasteiger partial charge in [0, 0.05) is 19.3 Å². The molecule has 0 radical (unpaired) electrons. The summed E-state index contributed by atoms with van der Waals surface area (Å²) in [5, 5.41) is 0. The molecule has 0 aromatic rings. The molecule has 0 atom stereocenters. The molecule has 198 valence electrons. The van der Waals surface area contributed by atoms with Crippen LogP contribution in [0.5, 0.6) is 0 Å². The van der Waals surface area contributed by atoms with Gasteiger partial charge in [-0.2, -0.15) is 0 Å². The van der Waals surface area contributed by atoms with Gasteiger partial charge in [-0.05, 0) is 40.0 Å². The van der Waals surface area contributed by atoms with Gasteiger partial charge in [0.25, 0.3) is 0 Å². The van der Waals surface area contributed by atoms with Crippen molar-refractivity contribution in [1.82, 2.24) is 0 Å². The van der Waals surface area contributed by atoms with Crippen LogP contribution in [-0.2, 0) is 43.0 Å². The first kappa shape index (κ1) is 39.5. The van der Waals surface area contributed by atoms with Gasteiger partial charge in [-0.15, -0.1) is 0 Å². The molecule has 0 amide bonds. The van der Waals surface area contributed by atoms with Crippen LogP contribution in [0.4, 0.5) is 0 Å². The van der Waals surface area contributed by atoms with Gasteiger partial charge in [0.2, 0.25) is 0 Å². The van der Waals surface area contributed by atoms with Crippen LogP contribution in [0, 0.1) is 0 Å². The second-order valence-electron chi connectivity index (χ2n) is 6.81. The molecule has 0 bridgehead atoms. The Bertz CT molecular complexity index is 460. The van der Waals surface area contributed by atoms with Gasteiger partial charge in [-0.25, -0.2) is 0 Å². The van der Waals surface area contributed by atoms with E-state index >= 15 is 0 Å². The third kappa shape index (κ3) is 32.5. The summed E-state index contributed by atoms with van der Waals surface area (Å²) in [5.41, 5.74) is 0. The summed E-state index contributed by atoms with van der Waals surface area (Å²) in [6, 6.07) is 0. The quantitative estimate of drug-likeness (QED) is 0.160. The Labute approximate surface area is 222 Å². The summed E-state index contributed by atoms with van der Waals surface area (Å²) in [6.07, 6.45) is 3.58. The third-order valence-corrected chi connectivity index (χ3v) is 3.53. The van der Waals surface area contributed by atoms with Crippen molar-refractivity contribution in [2.45, 2.75) is 99.3 Å². The van der Waals surface area contributed by atoms with Gasteiger partial charge in [-0.3, -0.25) is 28.8 Å². The fourth-order valence-corrected chi connectivity index (χ4v) is 2.22. The van der Waals surface area contributed by atoms with E-state index in [0.717, 1.165) is 19.3 Å². The number of rotatable bonds is 15. The van der Waals surface area contributed by atoms with Crippen LogP contribution in [0.25, 0.3) is 0 Å². The fraction of sp³-hybridized carbons (Fsp3) is 0.750. The summed E-state index contributed by atoms with van der Waals surface area (Å²) >= 11 is 0. The maximum atomic E-state index is 10.8. The van der Waals surface area contributed by atoms with Gasteiger partial charge < -0.3 is 14.2 Å². The molecule has 0 rings (SSSR count). The maximum absolute atomic E-state index is 10.8. The molecule has 0 aliphatic rings. The average Bonchev–Trinajstić information content (AvgIpc) is 2.69. The van der Waals surface area contributed by atoms with Gasteiger partial charge in [0.15, 0.2) is 0 Å². The SMILES string of the molecule is CCCC(=O)CC(=O)OCC.CCCC(=O)CC(=O)OCC.CCCC(=O)CC(=O)OCC.[InH3]. The molecule has 0 saturated heterocycles. The fourth-order valence-electron chi connectivity index (χ4n) is 2.22. The third-order valence-electron chi connectivity index (χ3n) is 3.53. The average molecular weight is 592 g/mol. The number of carbonyl (C=O) groups excluding carboxylic acids is 6. The van der Waals surface area contributed by atoms with Crippen LogP contribution < -0.4 is 0 Å². The summed E-state index contributed by atoms with van der Waals surface area (Å²) < 4.78 is 13.8. The van der Waals surface area contributed by atoms with Gasteiger partial charge in [0.1, 0.15) is 36.6 Å². The Morgan fingerprint density at radius 2 is 0.647 bits per heavy atom. The molecule has 0 aromatic carbocycles. The normalized spacial score (nSPS) is 9.00. The molecule has 0 aromatic heterocycles. The molecular formula is C24H45InO9. The van der Waals surface area contributed by atoms with Crippen molar-refractivity contribution in [3.8, 4) is 0 Å².